The zero-order valence-corrected chi connectivity index (χ0v) is 12.7. The molecule has 0 spiro atoms. The lowest BCUT2D eigenvalue weighted by molar-refractivity contribution is 0.0400. The molecule has 1 aromatic carbocycles. The normalized spacial score (nSPS) is 14.6. The van der Waals surface area contributed by atoms with Crippen molar-refractivity contribution < 1.29 is 9.84 Å². The van der Waals surface area contributed by atoms with Crippen LogP contribution in [0.5, 0.6) is 5.75 Å². The first-order valence-electron chi connectivity index (χ1n) is 5.54. The van der Waals surface area contributed by atoms with Gasteiger partial charge in [-0.2, -0.15) is 0 Å². The first-order valence-corrected chi connectivity index (χ1v) is 5.92. The van der Waals surface area contributed by atoms with Gasteiger partial charge >= 0.3 is 0 Å². The number of hydrogen-bond acceptors (Lipinski definition) is 3. The van der Waals surface area contributed by atoms with E-state index in [9.17, 15) is 5.11 Å². The molecule has 1 rings (SSSR count). The smallest absolute Gasteiger partial charge is 0.137 e. The molecule has 0 radical (unpaired) electrons. The van der Waals surface area contributed by atoms with Crippen LogP contribution in [-0.2, 0) is 0 Å². The number of aliphatic hydroxyl groups is 1. The third-order valence-electron chi connectivity index (χ3n) is 2.79. The third kappa shape index (κ3) is 4.02. The first kappa shape index (κ1) is 17.5. The number of nitrogens with two attached hydrogens (primary N) is 1. The summed E-state index contributed by atoms with van der Waals surface area (Å²) < 4.78 is 5.13. The van der Waals surface area contributed by atoms with Crippen molar-refractivity contribution >= 4 is 24.0 Å². The molecule has 5 heteroatoms. The highest BCUT2D eigenvalue weighted by Gasteiger charge is 2.29. The molecule has 3 nitrogen and oxygen atoms in total. The molecule has 0 aliphatic heterocycles. The summed E-state index contributed by atoms with van der Waals surface area (Å²) in [5, 5.41) is 10.7. The molecule has 0 aromatic heterocycles. The molecular weight excluding hydrogens is 273 g/mol. The van der Waals surface area contributed by atoms with E-state index < -0.39 is 12.1 Å². The molecule has 3 N–H and O–H groups in total. The summed E-state index contributed by atoms with van der Waals surface area (Å²) in [6.45, 7) is 5.85. The average Bonchev–Trinajstić information content (AvgIpc) is 2.26. The fraction of sp³-hybridized carbons (Fsp3) is 0.538. The van der Waals surface area contributed by atoms with Crippen LogP contribution in [-0.4, -0.2) is 18.3 Å². The Kier molecular flexibility index (Phi) is 6.44. The lowest BCUT2D eigenvalue weighted by Crippen LogP contribution is -2.36. The highest BCUT2D eigenvalue weighted by Crippen LogP contribution is 2.32. The number of ether oxygens (including phenoxy) is 1. The van der Waals surface area contributed by atoms with Crippen LogP contribution in [0.1, 0.15) is 32.4 Å². The molecule has 0 saturated heterocycles. The van der Waals surface area contributed by atoms with Crippen molar-refractivity contribution in [3.05, 3.63) is 28.8 Å². The van der Waals surface area contributed by atoms with Crippen LogP contribution in [0.15, 0.2) is 18.2 Å². The Morgan fingerprint density at radius 1 is 1.33 bits per heavy atom. The summed E-state index contributed by atoms with van der Waals surface area (Å²) in [7, 11) is 1.55. The molecule has 0 unspecified atom stereocenters. The number of aliphatic hydroxyl groups excluding tert-OH is 1. The Morgan fingerprint density at radius 3 is 2.33 bits per heavy atom. The van der Waals surface area contributed by atoms with Gasteiger partial charge in [0.1, 0.15) is 5.75 Å². The van der Waals surface area contributed by atoms with Crippen LogP contribution < -0.4 is 10.5 Å². The summed E-state index contributed by atoms with van der Waals surface area (Å²) >= 11 is 5.94. The molecule has 0 aliphatic carbocycles. The van der Waals surface area contributed by atoms with E-state index in [0.29, 0.717) is 10.8 Å². The predicted octanol–water partition coefficient (Wildman–Crippen LogP) is 3.18. The number of halogens is 2. The summed E-state index contributed by atoms with van der Waals surface area (Å²) in [6.07, 6.45) is -0.631. The predicted molar refractivity (Wildman–Crippen MR) is 77.6 cm³/mol. The monoisotopic (exact) mass is 293 g/mol. The second kappa shape index (κ2) is 6.62. The van der Waals surface area contributed by atoms with Crippen molar-refractivity contribution in [2.75, 3.05) is 7.11 Å². The minimum Gasteiger partial charge on any atom is -0.495 e. The van der Waals surface area contributed by atoms with Crippen LogP contribution in [0.25, 0.3) is 0 Å². The van der Waals surface area contributed by atoms with Gasteiger partial charge in [-0.05, 0) is 23.1 Å². The lowest BCUT2D eigenvalue weighted by atomic mass is 9.82. The summed E-state index contributed by atoms with van der Waals surface area (Å²) in [6, 6.07) is 4.85. The molecule has 0 fully saturated rings. The molecule has 0 heterocycles. The van der Waals surface area contributed by atoms with Gasteiger partial charge in [0, 0.05) is 0 Å². The van der Waals surface area contributed by atoms with Crippen molar-refractivity contribution in [3.8, 4) is 5.75 Å². The fourth-order valence-electron chi connectivity index (χ4n) is 1.60. The maximum absolute atomic E-state index is 10.1. The minimum absolute atomic E-state index is 0. The first-order chi connectivity index (χ1) is 7.77. The van der Waals surface area contributed by atoms with Crippen molar-refractivity contribution in [3.63, 3.8) is 0 Å². The molecule has 18 heavy (non-hydrogen) atoms. The van der Waals surface area contributed by atoms with E-state index in [4.69, 9.17) is 22.1 Å². The molecule has 0 amide bonds. The summed E-state index contributed by atoms with van der Waals surface area (Å²) in [5.74, 6) is 0.570. The molecular formula is C13H21Cl2NO2. The van der Waals surface area contributed by atoms with Crippen LogP contribution in [0.4, 0.5) is 0 Å². The molecule has 0 saturated carbocycles. The molecule has 1 aromatic rings. The van der Waals surface area contributed by atoms with E-state index in [1.165, 1.54) is 0 Å². The number of hydrogen-bond donors (Lipinski definition) is 2. The Bertz CT molecular complexity index is 391. The van der Waals surface area contributed by atoms with Crippen molar-refractivity contribution in [1.82, 2.24) is 0 Å². The van der Waals surface area contributed by atoms with Gasteiger partial charge < -0.3 is 15.6 Å². The molecule has 104 valence electrons. The standard InChI is InChI=1S/C13H20ClNO2.ClH/c1-13(2,3)12(16)11(15)8-5-6-9(14)10(7-8)17-4;/h5-7,11-12,16H,15H2,1-4H3;1H/t11-,12-;/m1./s1. The van der Waals surface area contributed by atoms with Crippen molar-refractivity contribution in [2.24, 2.45) is 11.1 Å². The summed E-state index contributed by atoms with van der Waals surface area (Å²) in [4.78, 5) is 0. The van der Waals surface area contributed by atoms with E-state index in [2.05, 4.69) is 0 Å². The third-order valence-corrected chi connectivity index (χ3v) is 3.10. The highest BCUT2D eigenvalue weighted by atomic mass is 35.5. The maximum Gasteiger partial charge on any atom is 0.137 e. The Morgan fingerprint density at radius 2 is 1.89 bits per heavy atom. The Hall–Kier alpha value is -0.480. The van der Waals surface area contributed by atoms with E-state index >= 15 is 0 Å². The van der Waals surface area contributed by atoms with Crippen LogP contribution in [0.2, 0.25) is 5.02 Å². The van der Waals surface area contributed by atoms with Gasteiger partial charge in [-0.3, -0.25) is 0 Å². The van der Waals surface area contributed by atoms with Gasteiger partial charge in [0.2, 0.25) is 0 Å². The van der Waals surface area contributed by atoms with Crippen LogP contribution in [0.3, 0.4) is 0 Å². The van der Waals surface area contributed by atoms with Crippen molar-refractivity contribution in [2.45, 2.75) is 32.9 Å². The average molecular weight is 294 g/mol. The zero-order valence-electron chi connectivity index (χ0n) is 11.1. The number of methoxy groups -OCH3 is 1. The van der Waals surface area contributed by atoms with Gasteiger partial charge in [-0.25, -0.2) is 0 Å². The Balaban J connectivity index is 0.00000289. The second-order valence-corrected chi connectivity index (χ2v) is 5.64. The van der Waals surface area contributed by atoms with Gasteiger partial charge in [0.05, 0.1) is 24.3 Å². The van der Waals surface area contributed by atoms with E-state index in [1.807, 2.05) is 26.8 Å². The van der Waals surface area contributed by atoms with Gasteiger partial charge in [0.25, 0.3) is 0 Å². The maximum atomic E-state index is 10.1. The fourth-order valence-corrected chi connectivity index (χ4v) is 1.80. The van der Waals surface area contributed by atoms with Crippen LogP contribution >= 0.6 is 24.0 Å². The SMILES string of the molecule is COc1cc([C@@H](N)[C@@H](O)C(C)(C)C)ccc1Cl.Cl. The quantitative estimate of drug-likeness (QED) is 0.900. The second-order valence-electron chi connectivity index (χ2n) is 5.23. The van der Waals surface area contributed by atoms with E-state index in [0.717, 1.165) is 5.56 Å². The Labute approximate surface area is 120 Å². The number of rotatable bonds is 3. The topological polar surface area (TPSA) is 55.5 Å². The van der Waals surface area contributed by atoms with Gasteiger partial charge in [-0.15, -0.1) is 12.4 Å². The van der Waals surface area contributed by atoms with Crippen LogP contribution in [0, 0.1) is 5.41 Å². The molecule has 2 atom stereocenters. The largest absolute Gasteiger partial charge is 0.495 e. The van der Waals surface area contributed by atoms with E-state index in [1.54, 1.807) is 19.2 Å². The van der Waals surface area contributed by atoms with E-state index in [-0.39, 0.29) is 17.8 Å². The minimum atomic E-state index is -0.631. The van der Waals surface area contributed by atoms with Crippen molar-refractivity contribution in [1.29, 1.82) is 0 Å². The lowest BCUT2D eigenvalue weighted by Gasteiger charge is -2.31. The van der Waals surface area contributed by atoms with Gasteiger partial charge in [0.15, 0.2) is 0 Å². The summed E-state index contributed by atoms with van der Waals surface area (Å²) in [5.41, 5.74) is 6.59. The van der Waals surface area contributed by atoms with Gasteiger partial charge in [-0.1, -0.05) is 38.4 Å². The highest BCUT2D eigenvalue weighted by molar-refractivity contribution is 6.32. The molecule has 0 aliphatic rings. The number of benzene rings is 1. The zero-order chi connectivity index (χ0) is 13.2. The molecule has 0 bridgehead atoms.